The summed E-state index contributed by atoms with van der Waals surface area (Å²) in [4.78, 5) is 0. The van der Waals surface area contributed by atoms with Gasteiger partial charge in [-0.1, -0.05) is 26.0 Å². The summed E-state index contributed by atoms with van der Waals surface area (Å²) in [7, 11) is 1.65. The quantitative estimate of drug-likeness (QED) is 0.791. The number of hydrogen-bond donors (Lipinski definition) is 2. The lowest BCUT2D eigenvalue weighted by Gasteiger charge is -2.30. The molecule has 0 heterocycles. The van der Waals surface area contributed by atoms with Gasteiger partial charge in [0.15, 0.2) is 0 Å². The molecule has 1 unspecified atom stereocenters. The molecule has 0 aliphatic carbocycles. The second-order valence-corrected chi connectivity index (χ2v) is 4.45. The van der Waals surface area contributed by atoms with Gasteiger partial charge < -0.3 is 16.2 Å². The molecule has 3 heteroatoms. The molecule has 0 bridgehead atoms. The SMILES string of the molecule is COc1cccc(C(N)C(C)(C)CN)c1. The summed E-state index contributed by atoms with van der Waals surface area (Å²) in [5.41, 5.74) is 12.8. The van der Waals surface area contributed by atoms with E-state index in [0.29, 0.717) is 6.54 Å². The third-order valence-corrected chi connectivity index (χ3v) is 2.82. The van der Waals surface area contributed by atoms with E-state index in [1.165, 1.54) is 0 Å². The maximum atomic E-state index is 6.17. The van der Waals surface area contributed by atoms with Gasteiger partial charge in [-0.2, -0.15) is 0 Å². The molecule has 84 valence electrons. The summed E-state index contributed by atoms with van der Waals surface area (Å²) in [6, 6.07) is 7.75. The van der Waals surface area contributed by atoms with Gasteiger partial charge in [-0.25, -0.2) is 0 Å². The van der Waals surface area contributed by atoms with Crippen LogP contribution in [-0.2, 0) is 0 Å². The average Bonchev–Trinajstić information content (AvgIpc) is 2.28. The first-order valence-electron chi connectivity index (χ1n) is 5.11. The molecule has 0 saturated heterocycles. The Morgan fingerprint density at radius 3 is 2.60 bits per heavy atom. The van der Waals surface area contributed by atoms with Crippen LogP contribution in [0.15, 0.2) is 24.3 Å². The van der Waals surface area contributed by atoms with E-state index in [9.17, 15) is 0 Å². The fourth-order valence-electron chi connectivity index (χ4n) is 1.41. The molecular formula is C12H20N2O. The molecule has 0 amide bonds. The molecule has 1 aromatic rings. The van der Waals surface area contributed by atoms with Crippen LogP contribution in [0.2, 0.25) is 0 Å². The van der Waals surface area contributed by atoms with E-state index >= 15 is 0 Å². The van der Waals surface area contributed by atoms with Crippen LogP contribution in [0.4, 0.5) is 0 Å². The molecule has 0 aliphatic heterocycles. The van der Waals surface area contributed by atoms with Crippen molar-refractivity contribution in [1.82, 2.24) is 0 Å². The first kappa shape index (κ1) is 12.0. The van der Waals surface area contributed by atoms with Crippen LogP contribution in [0.5, 0.6) is 5.75 Å². The van der Waals surface area contributed by atoms with Crippen molar-refractivity contribution >= 4 is 0 Å². The zero-order valence-electron chi connectivity index (χ0n) is 9.66. The zero-order chi connectivity index (χ0) is 11.5. The molecule has 0 fully saturated rings. The van der Waals surface area contributed by atoms with E-state index in [2.05, 4.69) is 13.8 Å². The van der Waals surface area contributed by atoms with Crippen LogP contribution in [0.3, 0.4) is 0 Å². The van der Waals surface area contributed by atoms with Crippen molar-refractivity contribution in [2.24, 2.45) is 16.9 Å². The molecule has 0 radical (unpaired) electrons. The Kier molecular flexibility index (Phi) is 3.72. The molecule has 3 nitrogen and oxygen atoms in total. The molecule has 1 aromatic carbocycles. The summed E-state index contributed by atoms with van der Waals surface area (Å²) in [6.07, 6.45) is 0. The Bertz CT molecular complexity index is 323. The fourth-order valence-corrected chi connectivity index (χ4v) is 1.41. The molecule has 1 rings (SSSR count). The molecule has 0 spiro atoms. The highest BCUT2D eigenvalue weighted by molar-refractivity contribution is 5.31. The molecule has 4 N–H and O–H groups in total. The summed E-state index contributed by atoms with van der Waals surface area (Å²) in [6.45, 7) is 4.69. The number of benzene rings is 1. The van der Waals surface area contributed by atoms with Crippen LogP contribution in [0, 0.1) is 5.41 Å². The van der Waals surface area contributed by atoms with Crippen molar-refractivity contribution in [2.45, 2.75) is 19.9 Å². The fraction of sp³-hybridized carbons (Fsp3) is 0.500. The first-order chi connectivity index (χ1) is 7.01. The topological polar surface area (TPSA) is 61.3 Å². The predicted octanol–water partition coefficient (Wildman–Crippen LogP) is 1.68. The molecule has 0 aliphatic rings. The highest BCUT2D eigenvalue weighted by Crippen LogP contribution is 2.31. The van der Waals surface area contributed by atoms with E-state index in [4.69, 9.17) is 16.2 Å². The van der Waals surface area contributed by atoms with E-state index in [1.54, 1.807) is 7.11 Å². The smallest absolute Gasteiger partial charge is 0.119 e. The monoisotopic (exact) mass is 208 g/mol. The van der Waals surface area contributed by atoms with Crippen LogP contribution in [-0.4, -0.2) is 13.7 Å². The van der Waals surface area contributed by atoms with E-state index in [-0.39, 0.29) is 11.5 Å². The lowest BCUT2D eigenvalue weighted by atomic mass is 9.81. The minimum absolute atomic E-state index is 0.0717. The molecule has 1 atom stereocenters. The van der Waals surface area contributed by atoms with E-state index in [1.807, 2.05) is 24.3 Å². The average molecular weight is 208 g/mol. The molecule has 15 heavy (non-hydrogen) atoms. The van der Waals surface area contributed by atoms with Crippen molar-refractivity contribution in [3.05, 3.63) is 29.8 Å². The number of rotatable bonds is 4. The highest BCUT2D eigenvalue weighted by Gasteiger charge is 2.26. The van der Waals surface area contributed by atoms with Crippen molar-refractivity contribution in [3.8, 4) is 5.75 Å². The number of ether oxygens (including phenoxy) is 1. The summed E-state index contributed by atoms with van der Waals surface area (Å²) in [5.74, 6) is 0.829. The van der Waals surface area contributed by atoms with Crippen LogP contribution < -0.4 is 16.2 Å². The van der Waals surface area contributed by atoms with E-state index < -0.39 is 0 Å². The van der Waals surface area contributed by atoms with Gasteiger partial charge in [0.25, 0.3) is 0 Å². The van der Waals surface area contributed by atoms with Crippen molar-refractivity contribution < 1.29 is 4.74 Å². The highest BCUT2D eigenvalue weighted by atomic mass is 16.5. The lowest BCUT2D eigenvalue weighted by Crippen LogP contribution is -2.35. The molecular weight excluding hydrogens is 188 g/mol. The summed E-state index contributed by atoms with van der Waals surface area (Å²) < 4.78 is 5.16. The van der Waals surface area contributed by atoms with Gasteiger partial charge in [-0.05, 0) is 29.7 Å². The Morgan fingerprint density at radius 1 is 1.40 bits per heavy atom. The van der Waals surface area contributed by atoms with Crippen LogP contribution >= 0.6 is 0 Å². The Hall–Kier alpha value is -1.06. The number of nitrogens with two attached hydrogens (primary N) is 2. The molecule has 0 saturated carbocycles. The van der Waals surface area contributed by atoms with Gasteiger partial charge in [0.1, 0.15) is 5.75 Å². The second kappa shape index (κ2) is 4.64. The summed E-state index contributed by atoms with van der Waals surface area (Å²) >= 11 is 0. The van der Waals surface area contributed by atoms with Crippen LogP contribution in [0.25, 0.3) is 0 Å². The third-order valence-electron chi connectivity index (χ3n) is 2.82. The normalized spacial score (nSPS) is 13.7. The largest absolute Gasteiger partial charge is 0.497 e. The minimum atomic E-state index is -0.105. The second-order valence-electron chi connectivity index (χ2n) is 4.45. The standard InChI is InChI=1S/C12H20N2O/c1-12(2,8-13)11(14)9-5-4-6-10(7-9)15-3/h4-7,11H,8,13-14H2,1-3H3. The van der Waals surface area contributed by atoms with Gasteiger partial charge in [-0.3, -0.25) is 0 Å². The van der Waals surface area contributed by atoms with Crippen LogP contribution in [0.1, 0.15) is 25.5 Å². The first-order valence-corrected chi connectivity index (χ1v) is 5.11. The third kappa shape index (κ3) is 2.70. The Balaban J connectivity index is 2.95. The van der Waals surface area contributed by atoms with Crippen molar-refractivity contribution in [3.63, 3.8) is 0 Å². The van der Waals surface area contributed by atoms with Gasteiger partial charge >= 0.3 is 0 Å². The van der Waals surface area contributed by atoms with E-state index in [0.717, 1.165) is 11.3 Å². The maximum absolute atomic E-state index is 6.17. The van der Waals surface area contributed by atoms with Gasteiger partial charge in [-0.15, -0.1) is 0 Å². The Labute approximate surface area is 91.4 Å². The zero-order valence-corrected chi connectivity index (χ0v) is 9.66. The summed E-state index contributed by atoms with van der Waals surface area (Å²) in [5, 5.41) is 0. The number of methoxy groups -OCH3 is 1. The predicted molar refractivity (Wildman–Crippen MR) is 62.8 cm³/mol. The van der Waals surface area contributed by atoms with Gasteiger partial charge in [0, 0.05) is 6.04 Å². The van der Waals surface area contributed by atoms with Gasteiger partial charge in [0.2, 0.25) is 0 Å². The van der Waals surface area contributed by atoms with Gasteiger partial charge in [0.05, 0.1) is 7.11 Å². The lowest BCUT2D eigenvalue weighted by molar-refractivity contribution is 0.300. The molecule has 0 aromatic heterocycles. The van der Waals surface area contributed by atoms with Crippen molar-refractivity contribution in [2.75, 3.05) is 13.7 Å². The number of hydrogen-bond acceptors (Lipinski definition) is 3. The maximum Gasteiger partial charge on any atom is 0.119 e. The minimum Gasteiger partial charge on any atom is -0.497 e. The Morgan fingerprint density at radius 2 is 2.07 bits per heavy atom. The van der Waals surface area contributed by atoms with Crippen molar-refractivity contribution in [1.29, 1.82) is 0 Å².